The third kappa shape index (κ3) is 4.32. The van der Waals surface area contributed by atoms with Crippen LogP contribution in [0.2, 0.25) is 0 Å². The number of carbonyl (C=O) groups excluding carboxylic acids is 1. The Morgan fingerprint density at radius 1 is 1.10 bits per heavy atom. The van der Waals surface area contributed by atoms with Gasteiger partial charge < -0.3 is 5.32 Å². The van der Waals surface area contributed by atoms with E-state index in [-0.39, 0.29) is 5.91 Å². The van der Waals surface area contributed by atoms with Crippen LogP contribution in [-0.4, -0.2) is 5.91 Å². The van der Waals surface area contributed by atoms with E-state index in [1.54, 1.807) is 6.08 Å². The molecule has 2 aromatic rings. The average Bonchev–Trinajstić information content (AvgIpc) is 2.54. The first kappa shape index (κ1) is 15.0. The minimum atomic E-state index is -0.102. The highest BCUT2D eigenvalue weighted by molar-refractivity contribution is 6.02. The summed E-state index contributed by atoms with van der Waals surface area (Å²) in [5, 5.41) is 2.97. The van der Waals surface area contributed by atoms with Crippen molar-refractivity contribution in [3.05, 3.63) is 71.8 Å². The highest BCUT2D eigenvalue weighted by Gasteiger charge is 2.09. The molecule has 21 heavy (non-hydrogen) atoms. The van der Waals surface area contributed by atoms with Crippen molar-refractivity contribution in [3.63, 3.8) is 0 Å². The van der Waals surface area contributed by atoms with Gasteiger partial charge in [-0.2, -0.15) is 0 Å². The van der Waals surface area contributed by atoms with E-state index in [1.807, 2.05) is 54.6 Å². The zero-order chi connectivity index (χ0) is 15.1. The molecule has 2 nitrogen and oxygen atoms in total. The molecule has 2 rings (SSSR count). The van der Waals surface area contributed by atoms with Gasteiger partial charge in [-0.05, 0) is 35.6 Å². The number of amides is 1. The zero-order valence-corrected chi connectivity index (χ0v) is 12.5. The standard InChI is InChI=1S/C19H21NO/c1-3-15(2)17-11-7-8-12-18(17)20-19(21)14-13-16-9-5-4-6-10-16/h4-15H,3H2,1-2H3,(H,20,21)/b14-13+/t15-/m0/s1. The lowest BCUT2D eigenvalue weighted by Crippen LogP contribution is -2.10. The molecule has 0 spiro atoms. The molecule has 0 saturated heterocycles. The van der Waals surface area contributed by atoms with E-state index in [0.717, 1.165) is 17.7 Å². The Kier molecular flexibility index (Phi) is 5.33. The zero-order valence-electron chi connectivity index (χ0n) is 12.5. The SMILES string of the molecule is CC[C@H](C)c1ccccc1NC(=O)/C=C/c1ccccc1. The number of rotatable bonds is 5. The molecule has 0 heterocycles. The first-order valence-corrected chi connectivity index (χ1v) is 7.33. The maximum atomic E-state index is 12.1. The van der Waals surface area contributed by atoms with Crippen molar-refractivity contribution in [2.75, 3.05) is 5.32 Å². The second-order valence-corrected chi connectivity index (χ2v) is 5.13. The van der Waals surface area contributed by atoms with Gasteiger partial charge in [0.1, 0.15) is 0 Å². The maximum Gasteiger partial charge on any atom is 0.248 e. The van der Waals surface area contributed by atoms with Gasteiger partial charge in [0.05, 0.1) is 0 Å². The third-order valence-corrected chi connectivity index (χ3v) is 3.59. The van der Waals surface area contributed by atoms with E-state index >= 15 is 0 Å². The molecule has 0 bridgehead atoms. The van der Waals surface area contributed by atoms with Crippen LogP contribution in [0.15, 0.2) is 60.7 Å². The molecule has 2 heteroatoms. The van der Waals surface area contributed by atoms with Crippen molar-refractivity contribution < 1.29 is 4.79 Å². The predicted molar refractivity (Wildman–Crippen MR) is 89.3 cm³/mol. The lowest BCUT2D eigenvalue weighted by atomic mass is 9.97. The number of anilines is 1. The summed E-state index contributed by atoms with van der Waals surface area (Å²) in [7, 11) is 0. The van der Waals surface area contributed by atoms with E-state index in [0.29, 0.717) is 5.92 Å². The fraction of sp³-hybridized carbons (Fsp3) is 0.211. The van der Waals surface area contributed by atoms with Gasteiger partial charge in [-0.1, -0.05) is 62.4 Å². The van der Waals surface area contributed by atoms with Gasteiger partial charge in [0.15, 0.2) is 0 Å². The number of para-hydroxylation sites is 1. The van der Waals surface area contributed by atoms with E-state index in [1.165, 1.54) is 5.56 Å². The van der Waals surface area contributed by atoms with Crippen LogP contribution in [0.5, 0.6) is 0 Å². The summed E-state index contributed by atoms with van der Waals surface area (Å²) in [5.74, 6) is 0.328. The van der Waals surface area contributed by atoms with Crippen LogP contribution in [0, 0.1) is 0 Å². The summed E-state index contributed by atoms with van der Waals surface area (Å²) in [6.45, 7) is 4.32. The van der Waals surface area contributed by atoms with E-state index in [4.69, 9.17) is 0 Å². The molecule has 1 N–H and O–H groups in total. The first-order chi connectivity index (χ1) is 10.2. The lowest BCUT2D eigenvalue weighted by Gasteiger charge is -2.14. The molecule has 108 valence electrons. The second-order valence-electron chi connectivity index (χ2n) is 5.13. The molecular formula is C19H21NO. The number of nitrogens with one attached hydrogen (secondary N) is 1. The molecule has 0 aliphatic carbocycles. The predicted octanol–water partition coefficient (Wildman–Crippen LogP) is 4.85. The highest BCUT2D eigenvalue weighted by atomic mass is 16.1. The summed E-state index contributed by atoms with van der Waals surface area (Å²) in [4.78, 5) is 12.1. The normalized spacial score (nSPS) is 12.3. The summed E-state index contributed by atoms with van der Waals surface area (Å²) < 4.78 is 0. The van der Waals surface area contributed by atoms with Crippen LogP contribution in [0.4, 0.5) is 5.69 Å². The van der Waals surface area contributed by atoms with E-state index in [2.05, 4.69) is 25.2 Å². The molecule has 0 aliphatic rings. The van der Waals surface area contributed by atoms with Crippen LogP contribution in [0.3, 0.4) is 0 Å². The minimum Gasteiger partial charge on any atom is -0.322 e. The topological polar surface area (TPSA) is 29.1 Å². The Morgan fingerprint density at radius 3 is 2.48 bits per heavy atom. The summed E-state index contributed by atoms with van der Waals surface area (Å²) in [6, 6.07) is 17.8. The van der Waals surface area contributed by atoms with E-state index in [9.17, 15) is 4.79 Å². The van der Waals surface area contributed by atoms with Gasteiger partial charge in [0.2, 0.25) is 5.91 Å². The van der Waals surface area contributed by atoms with Gasteiger partial charge >= 0.3 is 0 Å². The summed E-state index contributed by atoms with van der Waals surface area (Å²) >= 11 is 0. The first-order valence-electron chi connectivity index (χ1n) is 7.33. The average molecular weight is 279 g/mol. The Balaban J connectivity index is 2.08. The van der Waals surface area contributed by atoms with Crippen molar-refractivity contribution in [2.45, 2.75) is 26.2 Å². The van der Waals surface area contributed by atoms with Crippen LogP contribution in [-0.2, 0) is 4.79 Å². The number of carbonyl (C=O) groups is 1. The Bertz CT molecular complexity index is 616. The van der Waals surface area contributed by atoms with Crippen molar-refractivity contribution in [3.8, 4) is 0 Å². The van der Waals surface area contributed by atoms with Crippen LogP contribution >= 0.6 is 0 Å². The fourth-order valence-electron chi connectivity index (χ4n) is 2.17. The molecule has 0 saturated carbocycles. The van der Waals surface area contributed by atoms with Gasteiger partial charge in [-0.15, -0.1) is 0 Å². The van der Waals surface area contributed by atoms with Crippen LogP contribution < -0.4 is 5.32 Å². The van der Waals surface area contributed by atoms with Crippen molar-refractivity contribution in [1.82, 2.24) is 0 Å². The maximum absolute atomic E-state index is 12.1. The molecule has 0 aliphatic heterocycles. The number of hydrogen-bond acceptors (Lipinski definition) is 1. The molecular weight excluding hydrogens is 258 g/mol. The quantitative estimate of drug-likeness (QED) is 0.779. The highest BCUT2D eigenvalue weighted by Crippen LogP contribution is 2.26. The molecule has 0 radical (unpaired) electrons. The van der Waals surface area contributed by atoms with Gasteiger partial charge in [-0.25, -0.2) is 0 Å². The van der Waals surface area contributed by atoms with Crippen LogP contribution in [0.1, 0.15) is 37.3 Å². The third-order valence-electron chi connectivity index (χ3n) is 3.59. The van der Waals surface area contributed by atoms with Crippen LogP contribution in [0.25, 0.3) is 6.08 Å². The molecule has 2 aromatic carbocycles. The van der Waals surface area contributed by atoms with Crippen molar-refractivity contribution in [1.29, 1.82) is 0 Å². The van der Waals surface area contributed by atoms with Crippen molar-refractivity contribution >= 4 is 17.7 Å². The van der Waals surface area contributed by atoms with Gasteiger partial charge in [-0.3, -0.25) is 4.79 Å². The Morgan fingerprint density at radius 2 is 1.76 bits per heavy atom. The number of benzene rings is 2. The monoisotopic (exact) mass is 279 g/mol. The molecule has 1 amide bonds. The second kappa shape index (κ2) is 7.44. The Hall–Kier alpha value is -2.35. The molecule has 1 atom stereocenters. The van der Waals surface area contributed by atoms with Gasteiger partial charge in [0, 0.05) is 11.8 Å². The smallest absolute Gasteiger partial charge is 0.248 e. The Labute approximate surface area is 126 Å². The molecule has 0 aromatic heterocycles. The minimum absolute atomic E-state index is 0.102. The molecule has 0 fully saturated rings. The summed E-state index contributed by atoms with van der Waals surface area (Å²) in [6.07, 6.45) is 4.44. The van der Waals surface area contributed by atoms with E-state index < -0.39 is 0 Å². The largest absolute Gasteiger partial charge is 0.322 e. The summed E-state index contributed by atoms with van der Waals surface area (Å²) in [5.41, 5.74) is 3.10. The number of hydrogen-bond donors (Lipinski definition) is 1. The lowest BCUT2D eigenvalue weighted by molar-refractivity contribution is -0.111. The van der Waals surface area contributed by atoms with Crippen molar-refractivity contribution in [2.24, 2.45) is 0 Å². The molecule has 0 unspecified atom stereocenters. The fourth-order valence-corrected chi connectivity index (χ4v) is 2.17. The van der Waals surface area contributed by atoms with Gasteiger partial charge in [0.25, 0.3) is 0 Å².